The Morgan fingerprint density at radius 1 is 1.38 bits per heavy atom. The first-order chi connectivity index (χ1) is 5.82. The zero-order valence-corrected chi connectivity index (χ0v) is 9.57. The van der Waals surface area contributed by atoms with Gasteiger partial charge in [0.15, 0.2) is 0 Å². The SMILES string of the molecule is Cc1cc(F)c(Br)c(C(C)(C)N)c1. The minimum atomic E-state index is -0.522. The largest absolute Gasteiger partial charge is 0.322 e. The molecule has 0 aliphatic carbocycles. The Labute approximate surface area is 86.3 Å². The van der Waals surface area contributed by atoms with Crippen LogP contribution in [0.1, 0.15) is 25.0 Å². The van der Waals surface area contributed by atoms with E-state index in [2.05, 4.69) is 15.9 Å². The van der Waals surface area contributed by atoms with Crippen LogP contribution in [0.15, 0.2) is 16.6 Å². The first-order valence-electron chi connectivity index (χ1n) is 4.07. The van der Waals surface area contributed by atoms with Crippen LogP contribution in [0.5, 0.6) is 0 Å². The third-order valence-electron chi connectivity index (χ3n) is 1.87. The summed E-state index contributed by atoms with van der Waals surface area (Å²) in [5, 5.41) is 0. The highest BCUT2D eigenvalue weighted by Gasteiger charge is 2.19. The summed E-state index contributed by atoms with van der Waals surface area (Å²) in [5.41, 5.74) is 7.06. The average Bonchev–Trinajstić information content (AvgIpc) is 1.94. The van der Waals surface area contributed by atoms with Crippen LogP contribution in [0.4, 0.5) is 4.39 Å². The van der Waals surface area contributed by atoms with Crippen LogP contribution in [0.3, 0.4) is 0 Å². The van der Waals surface area contributed by atoms with Gasteiger partial charge in [-0.05, 0) is 53.9 Å². The summed E-state index contributed by atoms with van der Waals surface area (Å²) < 4.78 is 13.7. The fourth-order valence-electron chi connectivity index (χ4n) is 1.19. The first kappa shape index (κ1) is 10.7. The van der Waals surface area contributed by atoms with Crippen LogP contribution >= 0.6 is 15.9 Å². The molecule has 0 radical (unpaired) electrons. The lowest BCUT2D eigenvalue weighted by atomic mass is 9.94. The van der Waals surface area contributed by atoms with Crippen molar-refractivity contribution in [3.8, 4) is 0 Å². The van der Waals surface area contributed by atoms with E-state index in [4.69, 9.17) is 5.73 Å². The molecule has 1 rings (SSSR count). The highest BCUT2D eigenvalue weighted by Crippen LogP contribution is 2.29. The summed E-state index contributed by atoms with van der Waals surface area (Å²) in [6.07, 6.45) is 0. The van der Waals surface area contributed by atoms with Crippen molar-refractivity contribution in [2.24, 2.45) is 5.73 Å². The van der Waals surface area contributed by atoms with Crippen molar-refractivity contribution in [1.29, 1.82) is 0 Å². The number of benzene rings is 1. The second-order valence-electron chi connectivity index (χ2n) is 3.83. The third-order valence-corrected chi connectivity index (χ3v) is 2.67. The lowest BCUT2D eigenvalue weighted by molar-refractivity contribution is 0.537. The lowest BCUT2D eigenvalue weighted by Gasteiger charge is -2.21. The molecule has 0 heterocycles. The quantitative estimate of drug-likeness (QED) is 0.809. The normalized spacial score (nSPS) is 11.8. The van der Waals surface area contributed by atoms with Crippen molar-refractivity contribution in [1.82, 2.24) is 0 Å². The van der Waals surface area contributed by atoms with E-state index in [-0.39, 0.29) is 5.82 Å². The van der Waals surface area contributed by atoms with Crippen molar-refractivity contribution in [2.75, 3.05) is 0 Å². The summed E-state index contributed by atoms with van der Waals surface area (Å²) in [7, 11) is 0. The Morgan fingerprint density at radius 3 is 2.38 bits per heavy atom. The Balaban J connectivity index is 3.37. The monoisotopic (exact) mass is 245 g/mol. The van der Waals surface area contributed by atoms with Gasteiger partial charge < -0.3 is 5.73 Å². The van der Waals surface area contributed by atoms with E-state index < -0.39 is 5.54 Å². The van der Waals surface area contributed by atoms with Crippen LogP contribution in [-0.4, -0.2) is 0 Å². The van der Waals surface area contributed by atoms with Gasteiger partial charge in [0.1, 0.15) is 5.82 Å². The van der Waals surface area contributed by atoms with Gasteiger partial charge >= 0.3 is 0 Å². The molecular formula is C10H13BrFN. The van der Waals surface area contributed by atoms with Crippen LogP contribution < -0.4 is 5.73 Å². The fourth-order valence-corrected chi connectivity index (χ4v) is 1.93. The molecular weight excluding hydrogens is 233 g/mol. The summed E-state index contributed by atoms with van der Waals surface area (Å²) >= 11 is 3.20. The zero-order chi connectivity index (χ0) is 10.2. The second kappa shape index (κ2) is 3.39. The van der Waals surface area contributed by atoms with Crippen LogP contribution in [-0.2, 0) is 5.54 Å². The van der Waals surface area contributed by atoms with Crippen molar-refractivity contribution >= 4 is 15.9 Å². The molecule has 1 aromatic carbocycles. The summed E-state index contributed by atoms with van der Waals surface area (Å²) in [6.45, 7) is 5.56. The number of aryl methyl sites for hydroxylation is 1. The molecule has 0 aliphatic rings. The average molecular weight is 246 g/mol. The van der Waals surface area contributed by atoms with Gasteiger partial charge in [0.05, 0.1) is 4.47 Å². The molecule has 0 saturated heterocycles. The summed E-state index contributed by atoms with van der Waals surface area (Å²) in [5.74, 6) is -0.256. The Morgan fingerprint density at radius 2 is 1.92 bits per heavy atom. The Kier molecular flexibility index (Phi) is 2.78. The maximum atomic E-state index is 13.3. The molecule has 0 atom stereocenters. The van der Waals surface area contributed by atoms with Gasteiger partial charge in [-0.1, -0.05) is 6.07 Å². The molecule has 0 bridgehead atoms. The van der Waals surface area contributed by atoms with Crippen LogP contribution in [0.25, 0.3) is 0 Å². The van der Waals surface area contributed by atoms with E-state index in [0.29, 0.717) is 4.47 Å². The van der Waals surface area contributed by atoms with E-state index in [9.17, 15) is 4.39 Å². The van der Waals surface area contributed by atoms with E-state index in [1.807, 2.05) is 26.8 Å². The molecule has 1 nitrogen and oxygen atoms in total. The lowest BCUT2D eigenvalue weighted by Crippen LogP contribution is -2.29. The molecule has 1 aromatic rings. The first-order valence-corrected chi connectivity index (χ1v) is 4.86. The standard InChI is InChI=1S/C10H13BrFN/c1-6-4-7(10(2,3)13)9(11)8(12)5-6/h4-5H,13H2,1-3H3. The van der Waals surface area contributed by atoms with Gasteiger partial charge in [0, 0.05) is 5.54 Å². The third kappa shape index (κ3) is 2.29. The zero-order valence-electron chi connectivity index (χ0n) is 7.99. The number of rotatable bonds is 1. The second-order valence-corrected chi connectivity index (χ2v) is 4.62. The predicted octanol–water partition coefficient (Wildman–Crippen LogP) is 3.09. The molecule has 13 heavy (non-hydrogen) atoms. The minimum Gasteiger partial charge on any atom is -0.322 e. The topological polar surface area (TPSA) is 26.0 Å². The van der Waals surface area contributed by atoms with Crippen molar-refractivity contribution in [3.05, 3.63) is 33.5 Å². The van der Waals surface area contributed by atoms with Crippen molar-refractivity contribution in [3.63, 3.8) is 0 Å². The maximum Gasteiger partial charge on any atom is 0.137 e. The van der Waals surface area contributed by atoms with Crippen LogP contribution in [0.2, 0.25) is 0 Å². The van der Waals surface area contributed by atoms with Crippen LogP contribution in [0, 0.1) is 12.7 Å². The van der Waals surface area contributed by atoms with E-state index in [0.717, 1.165) is 11.1 Å². The van der Waals surface area contributed by atoms with Gasteiger partial charge in [0.25, 0.3) is 0 Å². The molecule has 0 aliphatic heterocycles. The van der Waals surface area contributed by atoms with Gasteiger partial charge in [0.2, 0.25) is 0 Å². The highest BCUT2D eigenvalue weighted by molar-refractivity contribution is 9.10. The van der Waals surface area contributed by atoms with E-state index >= 15 is 0 Å². The molecule has 2 N–H and O–H groups in total. The number of nitrogens with two attached hydrogens (primary N) is 1. The highest BCUT2D eigenvalue weighted by atomic mass is 79.9. The molecule has 3 heteroatoms. The molecule has 0 fully saturated rings. The van der Waals surface area contributed by atoms with E-state index in [1.54, 1.807) is 0 Å². The molecule has 0 amide bonds. The molecule has 0 aromatic heterocycles. The molecule has 72 valence electrons. The Hall–Kier alpha value is -0.410. The van der Waals surface area contributed by atoms with Crippen molar-refractivity contribution in [2.45, 2.75) is 26.3 Å². The smallest absolute Gasteiger partial charge is 0.137 e. The number of halogens is 2. The minimum absolute atomic E-state index is 0.256. The van der Waals surface area contributed by atoms with Gasteiger partial charge in [-0.25, -0.2) is 4.39 Å². The van der Waals surface area contributed by atoms with Crippen molar-refractivity contribution < 1.29 is 4.39 Å². The molecule has 0 unspecified atom stereocenters. The number of hydrogen-bond donors (Lipinski definition) is 1. The van der Waals surface area contributed by atoms with E-state index in [1.165, 1.54) is 6.07 Å². The molecule has 0 saturated carbocycles. The predicted molar refractivity (Wildman–Crippen MR) is 56.1 cm³/mol. The molecule has 0 spiro atoms. The van der Waals surface area contributed by atoms with Gasteiger partial charge in [-0.2, -0.15) is 0 Å². The maximum absolute atomic E-state index is 13.3. The Bertz CT molecular complexity index is 328. The summed E-state index contributed by atoms with van der Waals surface area (Å²) in [6, 6.07) is 3.38. The van der Waals surface area contributed by atoms with Gasteiger partial charge in [-0.15, -0.1) is 0 Å². The fraction of sp³-hybridized carbons (Fsp3) is 0.400. The van der Waals surface area contributed by atoms with Gasteiger partial charge in [-0.3, -0.25) is 0 Å². The summed E-state index contributed by atoms with van der Waals surface area (Å²) in [4.78, 5) is 0. The number of hydrogen-bond acceptors (Lipinski definition) is 1.